The summed E-state index contributed by atoms with van der Waals surface area (Å²) in [7, 11) is 0. The van der Waals surface area contributed by atoms with Crippen molar-refractivity contribution >= 4 is 12.4 Å². The van der Waals surface area contributed by atoms with Crippen molar-refractivity contribution in [1.82, 2.24) is 14.9 Å². The topological polar surface area (TPSA) is 69.0 Å². The van der Waals surface area contributed by atoms with E-state index in [4.69, 9.17) is 0 Å². The fourth-order valence-corrected chi connectivity index (χ4v) is 1.24. The van der Waals surface area contributed by atoms with Gasteiger partial charge in [0.15, 0.2) is 0 Å². The third-order valence-electron chi connectivity index (χ3n) is 2.18. The number of aromatic amines is 2. The van der Waals surface area contributed by atoms with Gasteiger partial charge >= 0.3 is 5.69 Å². The van der Waals surface area contributed by atoms with Crippen molar-refractivity contribution in [2.45, 2.75) is 20.4 Å². The summed E-state index contributed by atoms with van der Waals surface area (Å²) in [5, 5.41) is 0. The lowest BCUT2D eigenvalue weighted by atomic mass is 10.3. The van der Waals surface area contributed by atoms with Crippen LogP contribution in [0.25, 0.3) is 0 Å². The van der Waals surface area contributed by atoms with Gasteiger partial charge < -0.3 is 4.98 Å². The van der Waals surface area contributed by atoms with E-state index in [9.17, 15) is 9.59 Å². The molecular formula is C9H16ClN3O2. The van der Waals surface area contributed by atoms with E-state index in [0.29, 0.717) is 12.1 Å². The molecule has 0 aliphatic rings. The Balaban J connectivity index is 0.00000196. The van der Waals surface area contributed by atoms with Gasteiger partial charge in [0.25, 0.3) is 5.56 Å². The molecule has 0 saturated carbocycles. The molecule has 0 amide bonds. The van der Waals surface area contributed by atoms with Crippen molar-refractivity contribution in [3.8, 4) is 0 Å². The average molecular weight is 234 g/mol. The van der Waals surface area contributed by atoms with Gasteiger partial charge in [-0.05, 0) is 13.1 Å². The highest BCUT2D eigenvalue weighted by Crippen LogP contribution is 1.95. The second-order valence-electron chi connectivity index (χ2n) is 3.06. The highest BCUT2D eigenvalue weighted by atomic mass is 35.5. The molecule has 0 unspecified atom stereocenters. The van der Waals surface area contributed by atoms with Gasteiger partial charge in [-0.2, -0.15) is 0 Å². The van der Waals surface area contributed by atoms with Gasteiger partial charge in [0.2, 0.25) is 0 Å². The Morgan fingerprint density at radius 3 is 2.33 bits per heavy atom. The molecule has 6 heteroatoms. The standard InChI is InChI=1S/C9H15N3O2.ClH/c1-3-12(4-2)6-7-5-10-9(14)11-8(7)13;/h5H,3-4,6H2,1-2H3,(H2,10,11,13,14);1H. The zero-order valence-electron chi connectivity index (χ0n) is 8.87. The smallest absolute Gasteiger partial charge is 0.314 e. The Bertz CT molecular complexity index is 395. The van der Waals surface area contributed by atoms with E-state index in [1.165, 1.54) is 6.20 Å². The molecule has 0 aromatic carbocycles. The number of aromatic nitrogens is 2. The number of nitrogens with zero attached hydrogens (tertiary/aromatic N) is 1. The molecule has 0 radical (unpaired) electrons. The van der Waals surface area contributed by atoms with Crippen molar-refractivity contribution in [3.05, 3.63) is 32.6 Å². The zero-order valence-corrected chi connectivity index (χ0v) is 9.69. The Labute approximate surface area is 93.9 Å². The van der Waals surface area contributed by atoms with Crippen LogP contribution in [0.3, 0.4) is 0 Å². The minimum atomic E-state index is -0.460. The van der Waals surface area contributed by atoms with Crippen LogP contribution in [-0.2, 0) is 6.54 Å². The van der Waals surface area contributed by atoms with Crippen molar-refractivity contribution in [1.29, 1.82) is 0 Å². The first kappa shape index (κ1) is 13.9. The first-order valence-corrected chi connectivity index (χ1v) is 4.70. The monoisotopic (exact) mass is 233 g/mol. The summed E-state index contributed by atoms with van der Waals surface area (Å²) in [5.41, 5.74) is -0.174. The lowest BCUT2D eigenvalue weighted by Gasteiger charge is -2.16. The van der Waals surface area contributed by atoms with E-state index in [-0.39, 0.29) is 18.0 Å². The van der Waals surface area contributed by atoms with Gasteiger partial charge in [-0.15, -0.1) is 12.4 Å². The number of halogens is 1. The maximum absolute atomic E-state index is 11.3. The van der Waals surface area contributed by atoms with Gasteiger partial charge in [-0.3, -0.25) is 14.7 Å². The molecule has 86 valence electrons. The molecule has 2 N–H and O–H groups in total. The first-order chi connectivity index (χ1) is 6.67. The molecule has 0 aliphatic carbocycles. The summed E-state index contributed by atoms with van der Waals surface area (Å²) < 4.78 is 0. The van der Waals surface area contributed by atoms with Crippen LogP contribution in [0.1, 0.15) is 19.4 Å². The molecule has 5 nitrogen and oxygen atoms in total. The number of nitrogens with one attached hydrogen (secondary N) is 2. The normalized spacial score (nSPS) is 10.1. The summed E-state index contributed by atoms with van der Waals surface area (Å²) in [6.07, 6.45) is 1.47. The third-order valence-corrected chi connectivity index (χ3v) is 2.18. The maximum atomic E-state index is 11.3. The number of H-pyrrole nitrogens is 2. The van der Waals surface area contributed by atoms with Crippen molar-refractivity contribution in [2.75, 3.05) is 13.1 Å². The molecule has 0 fully saturated rings. The van der Waals surface area contributed by atoms with Crippen LogP contribution in [0.5, 0.6) is 0 Å². The van der Waals surface area contributed by atoms with Crippen LogP contribution in [0, 0.1) is 0 Å². The number of rotatable bonds is 4. The molecule has 1 heterocycles. The average Bonchev–Trinajstić information content (AvgIpc) is 2.17. The minimum absolute atomic E-state index is 0. The molecule has 0 bridgehead atoms. The first-order valence-electron chi connectivity index (χ1n) is 4.70. The summed E-state index contributed by atoms with van der Waals surface area (Å²) in [5.74, 6) is 0. The maximum Gasteiger partial charge on any atom is 0.325 e. The van der Waals surface area contributed by atoms with Crippen LogP contribution >= 0.6 is 12.4 Å². The summed E-state index contributed by atoms with van der Waals surface area (Å²) in [6, 6.07) is 0. The zero-order chi connectivity index (χ0) is 10.6. The molecule has 0 saturated heterocycles. The number of hydrogen-bond donors (Lipinski definition) is 2. The predicted molar refractivity (Wildman–Crippen MR) is 61.6 cm³/mol. The highest BCUT2D eigenvalue weighted by molar-refractivity contribution is 5.85. The molecule has 0 aliphatic heterocycles. The van der Waals surface area contributed by atoms with E-state index >= 15 is 0 Å². The molecule has 1 aromatic heterocycles. The molecule has 0 atom stereocenters. The Kier molecular flexibility index (Phi) is 5.96. The van der Waals surface area contributed by atoms with Gasteiger partial charge in [0, 0.05) is 18.3 Å². The second-order valence-corrected chi connectivity index (χ2v) is 3.06. The highest BCUT2D eigenvalue weighted by Gasteiger charge is 2.04. The largest absolute Gasteiger partial charge is 0.325 e. The Morgan fingerprint density at radius 1 is 1.27 bits per heavy atom. The van der Waals surface area contributed by atoms with Crippen LogP contribution in [0.2, 0.25) is 0 Å². The molecule has 0 spiro atoms. The summed E-state index contributed by atoms with van der Waals surface area (Å²) >= 11 is 0. The molecule has 15 heavy (non-hydrogen) atoms. The van der Waals surface area contributed by atoms with E-state index in [2.05, 4.69) is 14.9 Å². The summed E-state index contributed by atoms with van der Waals surface area (Å²) in [6.45, 7) is 6.40. The van der Waals surface area contributed by atoms with Crippen molar-refractivity contribution < 1.29 is 0 Å². The van der Waals surface area contributed by atoms with Gasteiger partial charge in [-0.25, -0.2) is 4.79 Å². The van der Waals surface area contributed by atoms with Gasteiger partial charge in [0.05, 0.1) is 0 Å². The predicted octanol–water partition coefficient (Wildman–Crippen LogP) is 0.327. The van der Waals surface area contributed by atoms with Crippen molar-refractivity contribution in [2.24, 2.45) is 0 Å². The number of hydrogen-bond acceptors (Lipinski definition) is 3. The van der Waals surface area contributed by atoms with E-state index in [0.717, 1.165) is 13.1 Å². The lowest BCUT2D eigenvalue weighted by molar-refractivity contribution is 0.294. The van der Waals surface area contributed by atoms with Crippen LogP contribution in [0.15, 0.2) is 15.8 Å². The van der Waals surface area contributed by atoms with Gasteiger partial charge in [0.1, 0.15) is 0 Å². The van der Waals surface area contributed by atoms with E-state index < -0.39 is 5.69 Å². The summed E-state index contributed by atoms with van der Waals surface area (Å²) in [4.78, 5) is 28.8. The molecule has 1 aromatic rings. The van der Waals surface area contributed by atoms with E-state index in [1.54, 1.807) is 0 Å². The Hall–Kier alpha value is -1.07. The third kappa shape index (κ3) is 3.89. The molecule has 1 rings (SSSR count). The van der Waals surface area contributed by atoms with Crippen LogP contribution < -0.4 is 11.2 Å². The van der Waals surface area contributed by atoms with Gasteiger partial charge in [-0.1, -0.05) is 13.8 Å². The fourth-order valence-electron chi connectivity index (χ4n) is 1.24. The fraction of sp³-hybridized carbons (Fsp3) is 0.556. The second kappa shape index (κ2) is 6.42. The van der Waals surface area contributed by atoms with Crippen molar-refractivity contribution in [3.63, 3.8) is 0 Å². The Morgan fingerprint density at radius 2 is 1.87 bits per heavy atom. The quantitative estimate of drug-likeness (QED) is 0.788. The SMILES string of the molecule is CCN(CC)Cc1c[nH]c(=O)[nH]c1=O.Cl. The van der Waals surface area contributed by atoms with Crippen LogP contribution in [-0.4, -0.2) is 28.0 Å². The van der Waals surface area contributed by atoms with Crippen LogP contribution in [0.4, 0.5) is 0 Å². The minimum Gasteiger partial charge on any atom is -0.314 e. The van der Waals surface area contributed by atoms with E-state index in [1.807, 2.05) is 13.8 Å². The molecular weight excluding hydrogens is 218 g/mol. The lowest BCUT2D eigenvalue weighted by Crippen LogP contribution is -2.30.